The summed E-state index contributed by atoms with van der Waals surface area (Å²) < 4.78 is 0. The first-order chi connectivity index (χ1) is 9.74. The predicted octanol–water partition coefficient (Wildman–Crippen LogP) is 2.62. The van der Waals surface area contributed by atoms with Gasteiger partial charge in [0.15, 0.2) is 0 Å². The van der Waals surface area contributed by atoms with Crippen LogP contribution in [0.3, 0.4) is 0 Å². The third-order valence-corrected chi connectivity index (χ3v) is 3.90. The molecule has 108 valence electrons. The van der Waals surface area contributed by atoms with Crippen LogP contribution in [0.2, 0.25) is 0 Å². The van der Waals surface area contributed by atoms with Crippen LogP contribution in [0.5, 0.6) is 0 Å². The van der Waals surface area contributed by atoms with Crippen LogP contribution in [0.1, 0.15) is 37.2 Å². The van der Waals surface area contributed by atoms with Gasteiger partial charge in [0.25, 0.3) is 0 Å². The number of carbonyl (C=O) groups excluding carboxylic acids is 1. The molecular weight excluding hydrogens is 250 g/mol. The lowest BCUT2D eigenvalue weighted by molar-refractivity contribution is -0.122. The van der Waals surface area contributed by atoms with Crippen molar-refractivity contribution in [2.75, 3.05) is 6.61 Å². The van der Waals surface area contributed by atoms with Gasteiger partial charge < -0.3 is 10.4 Å². The van der Waals surface area contributed by atoms with Crippen LogP contribution >= 0.6 is 0 Å². The summed E-state index contributed by atoms with van der Waals surface area (Å²) in [6.45, 7) is 3.96. The molecule has 1 saturated carbocycles. The lowest BCUT2D eigenvalue weighted by Crippen LogP contribution is -2.37. The van der Waals surface area contributed by atoms with Gasteiger partial charge in [-0.1, -0.05) is 36.4 Å². The van der Waals surface area contributed by atoms with E-state index >= 15 is 0 Å². The smallest absolute Gasteiger partial charge is 0.221 e. The molecule has 2 unspecified atom stereocenters. The zero-order valence-corrected chi connectivity index (χ0v) is 11.8. The van der Waals surface area contributed by atoms with E-state index in [1.165, 1.54) is 0 Å². The number of nitrogens with one attached hydrogen (secondary N) is 1. The van der Waals surface area contributed by atoms with E-state index in [4.69, 9.17) is 5.11 Å². The zero-order chi connectivity index (χ0) is 14.4. The third-order valence-electron chi connectivity index (χ3n) is 3.90. The molecule has 0 radical (unpaired) electrons. The molecule has 0 aromatic heterocycles. The van der Waals surface area contributed by atoms with E-state index in [1.54, 1.807) is 0 Å². The maximum absolute atomic E-state index is 12.2. The quantitative estimate of drug-likeness (QED) is 0.715. The Morgan fingerprint density at radius 3 is 2.65 bits per heavy atom. The number of aliphatic hydroxyl groups excluding tert-OH is 1. The molecule has 1 aromatic carbocycles. The molecule has 1 amide bonds. The van der Waals surface area contributed by atoms with Gasteiger partial charge in [0.2, 0.25) is 5.91 Å². The van der Waals surface area contributed by atoms with Crippen molar-refractivity contribution < 1.29 is 9.90 Å². The molecule has 0 saturated heterocycles. The minimum Gasteiger partial charge on any atom is -0.396 e. The lowest BCUT2D eigenvalue weighted by Gasteiger charge is -2.19. The molecule has 3 heteroatoms. The van der Waals surface area contributed by atoms with Crippen LogP contribution in [-0.4, -0.2) is 23.7 Å². The fourth-order valence-corrected chi connectivity index (χ4v) is 2.57. The first-order valence-corrected chi connectivity index (χ1v) is 7.32. The second-order valence-electron chi connectivity index (χ2n) is 5.48. The molecule has 2 atom stereocenters. The summed E-state index contributed by atoms with van der Waals surface area (Å²) in [5.74, 6) is 0.652. The molecule has 2 N–H and O–H groups in total. The molecular formula is C17H23NO2. The van der Waals surface area contributed by atoms with Crippen molar-refractivity contribution in [3.05, 3.63) is 48.6 Å². The van der Waals surface area contributed by atoms with Gasteiger partial charge in [0, 0.05) is 25.0 Å². The summed E-state index contributed by atoms with van der Waals surface area (Å²) in [5.41, 5.74) is 1.11. The molecule has 0 spiro atoms. The summed E-state index contributed by atoms with van der Waals surface area (Å²) >= 11 is 0. The van der Waals surface area contributed by atoms with Gasteiger partial charge in [-0.3, -0.25) is 4.79 Å². The zero-order valence-electron chi connectivity index (χ0n) is 11.8. The fraction of sp³-hybridized carbons (Fsp3) is 0.471. The Kier molecular flexibility index (Phi) is 5.36. The topological polar surface area (TPSA) is 49.3 Å². The molecule has 20 heavy (non-hydrogen) atoms. The van der Waals surface area contributed by atoms with Crippen LogP contribution in [0, 0.1) is 5.92 Å². The summed E-state index contributed by atoms with van der Waals surface area (Å²) in [5, 5.41) is 12.1. The van der Waals surface area contributed by atoms with E-state index in [0.29, 0.717) is 18.8 Å². The third kappa shape index (κ3) is 4.20. The number of hydrogen-bond donors (Lipinski definition) is 2. The van der Waals surface area contributed by atoms with Crippen LogP contribution in [0.4, 0.5) is 0 Å². The van der Waals surface area contributed by atoms with E-state index in [9.17, 15) is 4.79 Å². The highest BCUT2D eigenvalue weighted by molar-refractivity contribution is 5.77. The molecule has 0 heterocycles. The summed E-state index contributed by atoms with van der Waals surface area (Å²) in [6.07, 6.45) is 5.22. The second kappa shape index (κ2) is 7.25. The Balaban J connectivity index is 1.90. The number of carbonyl (C=O) groups is 1. The highest BCUT2D eigenvalue weighted by Crippen LogP contribution is 2.34. The Bertz CT molecular complexity index is 440. The van der Waals surface area contributed by atoms with Crippen LogP contribution in [0.15, 0.2) is 43.0 Å². The Morgan fingerprint density at radius 2 is 2.10 bits per heavy atom. The number of rotatable bonds is 8. The average Bonchev–Trinajstić information content (AvgIpc) is 3.30. The lowest BCUT2D eigenvalue weighted by atomic mass is 9.95. The van der Waals surface area contributed by atoms with Crippen molar-refractivity contribution in [1.29, 1.82) is 0 Å². The van der Waals surface area contributed by atoms with Crippen molar-refractivity contribution in [3.63, 3.8) is 0 Å². The van der Waals surface area contributed by atoms with Crippen molar-refractivity contribution in [2.45, 2.75) is 37.6 Å². The maximum atomic E-state index is 12.2. The van der Waals surface area contributed by atoms with Gasteiger partial charge in [0.05, 0.1) is 0 Å². The van der Waals surface area contributed by atoms with Crippen LogP contribution in [-0.2, 0) is 4.79 Å². The van der Waals surface area contributed by atoms with Crippen molar-refractivity contribution >= 4 is 5.91 Å². The van der Waals surface area contributed by atoms with Gasteiger partial charge >= 0.3 is 0 Å². The Morgan fingerprint density at radius 1 is 1.40 bits per heavy atom. The number of benzene rings is 1. The predicted molar refractivity (Wildman–Crippen MR) is 80.4 cm³/mol. The normalized spacial score (nSPS) is 17.2. The van der Waals surface area contributed by atoms with E-state index < -0.39 is 0 Å². The van der Waals surface area contributed by atoms with Gasteiger partial charge in [-0.25, -0.2) is 0 Å². The molecule has 0 aliphatic heterocycles. The molecule has 0 bridgehead atoms. The van der Waals surface area contributed by atoms with E-state index in [-0.39, 0.29) is 24.5 Å². The minimum absolute atomic E-state index is 0.0455. The number of hydrogen-bond acceptors (Lipinski definition) is 2. The number of aliphatic hydroxyl groups is 1. The Hall–Kier alpha value is -1.61. The van der Waals surface area contributed by atoms with Gasteiger partial charge in [-0.15, -0.1) is 6.58 Å². The molecule has 1 aromatic rings. The van der Waals surface area contributed by atoms with E-state index in [0.717, 1.165) is 18.4 Å². The van der Waals surface area contributed by atoms with Crippen LogP contribution < -0.4 is 5.32 Å². The van der Waals surface area contributed by atoms with Crippen LogP contribution in [0.25, 0.3) is 0 Å². The fourth-order valence-electron chi connectivity index (χ4n) is 2.57. The largest absolute Gasteiger partial charge is 0.396 e. The number of allylic oxidation sites excluding steroid dienone is 1. The first-order valence-electron chi connectivity index (χ1n) is 7.32. The van der Waals surface area contributed by atoms with E-state index in [1.807, 2.05) is 36.4 Å². The van der Waals surface area contributed by atoms with Gasteiger partial charge in [-0.2, -0.15) is 0 Å². The molecule has 1 aliphatic rings. The SMILES string of the molecule is C=CC(CC(=O)NC(CCO)C1CC1)c1ccccc1. The van der Waals surface area contributed by atoms with E-state index in [2.05, 4.69) is 11.9 Å². The highest BCUT2D eigenvalue weighted by Gasteiger charge is 2.31. The van der Waals surface area contributed by atoms with Gasteiger partial charge in [0.1, 0.15) is 0 Å². The number of amides is 1. The maximum Gasteiger partial charge on any atom is 0.221 e. The Labute approximate surface area is 120 Å². The van der Waals surface area contributed by atoms with Crippen molar-refractivity contribution in [1.82, 2.24) is 5.32 Å². The minimum atomic E-state index is 0.0455. The molecule has 1 aliphatic carbocycles. The molecule has 2 rings (SSSR count). The highest BCUT2D eigenvalue weighted by atomic mass is 16.3. The van der Waals surface area contributed by atoms with Crippen molar-refractivity contribution in [2.24, 2.45) is 5.92 Å². The average molecular weight is 273 g/mol. The molecule has 3 nitrogen and oxygen atoms in total. The van der Waals surface area contributed by atoms with Gasteiger partial charge in [-0.05, 0) is 30.7 Å². The monoisotopic (exact) mass is 273 g/mol. The summed E-state index contributed by atoms with van der Waals surface area (Å²) in [4.78, 5) is 12.2. The molecule has 1 fully saturated rings. The summed E-state index contributed by atoms with van der Waals surface area (Å²) in [6, 6.07) is 10.1. The first kappa shape index (κ1) is 14.8. The second-order valence-corrected chi connectivity index (χ2v) is 5.48. The standard InChI is InChI=1S/C17H23NO2/c1-2-13(14-6-4-3-5-7-14)12-17(20)18-16(10-11-19)15-8-9-15/h2-7,13,15-16,19H,1,8-12H2,(H,18,20). The van der Waals surface area contributed by atoms with Crippen molar-refractivity contribution in [3.8, 4) is 0 Å². The summed E-state index contributed by atoms with van der Waals surface area (Å²) in [7, 11) is 0.